The molecule has 0 fully saturated rings. The quantitative estimate of drug-likeness (QED) is 0.751. The Hall–Kier alpha value is -1.85. The van der Waals surface area contributed by atoms with Gasteiger partial charge in [-0.15, -0.1) is 0 Å². The van der Waals surface area contributed by atoms with Crippen LogP contribution in [0.4, 0.5) is 5.82 Å². The van der Waals surface area contributed by atoms with Crippen molar-refractivity contribution in [3.63, 3.8) is 0 Å². The number of nitrogens with one attached hydrogen (secondary N) is 1. The molecule has 1 unspecified atom stereocenters. The van der Waals surface area contributed by atoms with E-state index in [1.807, 2.05) is 20.8 Å². The maximum absolute atomic E-state index is 11.0. The maximum Gasteiger partial charge on any atom is 0.308 e. The van der Waals surface area contributed by atoms with E-state index in [1.54, 1.807) is 6.20 Å². The number of rotatable bonds is 8. The van der Waals surface area contributed by atoms with Crippen LogP contribution in [0.5, 0.6) is 5.88 Å². The summed E-state index contributed by atoms with van der Waals surface area (Å²) in [6.45, 7) is 6.11. The molecule has 0 saturated carbocycles. The topological polar surface area (TPSA) is 84.3 Å². The van der Waals surface area contributed by atoms with Crippen LogP contribution >= 0.6 is 0 Å². The van der Waals surface area contributed by atoms with E-state index >= 15 is 0 Å². The molecular formula is C13H21N3O3. The second-order valence-corrected chi connectivity index (χ2v) is 4.61. The van der Waals surface area contributed by atoms with Crippen molar-refractivity contribution in [2.45, 2.75) is 39.7 Å². The van der Waals surface area contributed by atoms with Gasteiger partial charge in [0, 0.05) is 6.54 Å². The summed E-state index contributed by atoms with van der Waals surface area (Å²) in [5.41, 5.74) is 0. The molecule has 1 heterocycles. The van der Waals surface area contributed by atoms with Crippen LogP contribution in [0.2, 0.25) is 0 Å². The Morgan fingerprint density at radius 1 is 1.47 bits per heavy atom. The number of hydrogen-bond acceptors (Lipinski definition) is 5. The monoisotopic (exact) mass is 267 g/mol. The second-order valence-electron chi connectivity index (χ2n) is 4.61. The zero-order valence-electron chi connectivity index (χ0n) is 11.6. The van der Waals surface area contributed by atoms with Gasteiger partial charge < -0.3 is 15.2 Å². The van der Waals surface area contributed by atoms with Gasteiger partial charge in [-0.3, -0.25) is 9.78 Å². The molecule has 0 aliphatic heterocycles. The molecule has 0 amide bonds. The summed E-state index contributed by atoms with van der Waals surface area (Å²) in [6.07, 6.45) is 4.58. The maximum atomic E-state index is 11.0. The highest BCUT2D eigenvalue weighted by Gasteiger charge is 2.16. The molecule has 1 rings (SSSR count). The Labute approximate surface area is 113 Å². The summed E-state index contributed by atoms with van der Waals surface area (Å²) in [6, 6.07) is 0. The molecule has 1 aromatic rings. The Kier molecular flexibility index (Phi) is 6.05. The first kappa shape index (κ1) is 15.2. The molecule has 0 aliphatic carbocycles. The molecule has 19 heavy (non-hydrogen) atoms. The summed E-state index contributed by atoms with van der Waals surface area (Å²) in [7, 11) is 0. The molecule has 6 heteroatoms. The molecule has 106 valence electrons. The number of aromatic nitrogens is 2. The number of carbonyl (C=O) groups is 1. The van der Waals surface area contributed by atoms with Gasteiger partial charge in [-0.05, 0) is 20.3 Å². The molecule has 0 aliphatic rings. The van der Waals surface area contributed by atoms with Gasteiger partial charge in [0.25, 0.3) is 0 Å². The van der Waals surface area contributed by atoms with E-state index in [4.69, 9.17) is 9.84 Å². The first-order valence-electron chi connectivity index (χ1n) is 6.48. The van der Waals surface area contributed by atoms with Crippen LogP contribution in [-0.2, 0) is 4.79 Å². The molecule has 2 N–H and O–H groups in total. The third-order valence-corrected chi connectivity index (χ3v) is 2.48. The van der Waals surface area contributed by atoms with Crippen molar-refractivity contribution in [1.29, 1.82) is 0 Å². The Balaban J connectivity index is 2.58. The van der Waals surface area contributed by atoms with E-state index in [-0.39, 0.29) is 6.10 Å². The molecule has 1 aromatic heterocycles. The van der Waals surface area contributed by atoms with Crippen LogP contribution in [0, 0.1) is 5.92 Å². The number of anilines is 1. The van der Waals surface area contributed by atoms with Crippen LogP contribution in [0.3, 0.4) is 0 Å². The largest absolute Gasteiger partial charge is 0.481 e. The van der Waals surface area contributed by atoms with Crippen molar-refractivity contribution in [3.8, 4) is 5.88 Å². The highest BCUT2D eigenvalue weighted by atomic mass is 16.5. The normalized spacial score (nSPS) is 12.2. The molecule has 0 spiro atoms. The average Bonchev–Trinajstić information content (AvgIpc) is 2.33. The van der Waals surface area contributed by atoms with E-state index in [0.717, 1.165) is 6.42 Å². The lowest BCUT2D eigenvalue weighted by Gasteiger charge is -2.13. The molecular weight excluding hydrogens is 246 g/mol. The molecule has 0 saturated heterocycles. The standard InChI is InChI=1S/C13H21N3O3/c1-4-5-10(13(17)18)6-15-11-7-14-8-12(16-11)19-9(2)3/h7-10H,4-6H2,1-3H3,(H,15,16)(H,17,18). The third kappa shape index (κ3) is 5.54. The third-order valence-electron chi connectivity index (χ3n) is 2.48. The van der Waals surface area contributed by atoms with Crippen molar-refractivity contribution < 1.29 is 14.6 Å². The van der Waals surface area contributed by atoms with Crippen molar-refractivity contribution in [2.24, 2.45) is 5.92 Å². The fraction of sp³-hybridized carbons (Fsp3) is 0.615. The number of carboxylic acid groups (broad SMARTS) is 1. The second kappa shape index (κ2) is 7.56. The zero-order valence-corrected chi connectivity index (χ0v) is 11.6. The fourth-order valence-corrected chi connectivity index (χ4v) is 1.62. The van der Waals surface area contributed by atoms with Gasteiger partial charge in [0.2, 0.25) is 5.88 Å². The Morgan fingerprint density at radius 3 is 2.79 bits per heavy atom. The molecule has 1 atom stereocenters. The summed E-state index contributed by atoms with van der Waals surface area (Å²) in [5, 5.41) is 12.0. The van der Waals surface area contributed by atoms with Crippen molar-refractivity contribution in [3.05, 3.63) is 12.4 Å². The van der Waals surface area contributed by atoms with E-state index < -0.39 is 11.9 Å². The van der Waals surface area contributed by atoms with Gasteiger partial charge >= 0.3 is 5.97 Å². The van der Waals surface area contributed by atoms with Gasteiger partial charge in [-0.1, -0.05) is 13.3 Å². The lowest BCUT2D eigenvalue weighted by Crippen LogP contribution is -2.23. The summed E-state index contributed by atoms with van der Waals surface area (Å²) >= 11 is 0. The minimum Gasteiger partial charge on any atom is -0.481 e. The number of carboxylic acids is 1. The predicted octanol–water partition coefficient (Wildman–Crippen LogP) is 2.18. The number of nitrogens with zero attached hydrogens (tertiary/aromatic N) is 2. The Morgan fingerprint density at radius 2 is 2.21 bits per heavy atom. The highest BCUT2D eigenvalue weighted by molar-refractivity contribution is 5.70. The number of hydrogen-bond donors (Lipinski definition) is 2. The lowest BCUT2D eigenvalue weighted by atomic mass is 10.0. The highest BCUT2D eigenvalue weighted by Crippen LogP contribution is 2.13. The predicted molar refractivity (Wildman–Crippen MR) is 72.3 cm³/mol. The average molecular weight is 267 g/mol. The summed E-state index contributed by atoms with van der Waals surface area (Å²) in [4.78, 5) is 19.2. The number of aliphatic carboxylic acids is 1. The first-order valence-corrected chi connectivity index (χ1v) is 6.48. The summed E-state index contributed by atoms with van der Waals surface area (Å²) in [5.74, 6) is -0.249. The molecule has 0 bridgehead atoms. The van der Waals surface area contributed by atoms with Gasteiger partial charge in [-0.2, -0.15) is 4.98 Å². The Bertz CT molecular complexity index is 410. The molecule has 0 aromatic carbocycles. The SMILES string of the molecule is CCCC(CNc1cncc(OC(C)C)n1)C(=O)O. The molecule has 6 nitrogen and oxygen atoms in total. The van der Waals surface area contributed by atoms with Gasteiger partial charge in [0.05, 0.1) is 24.4 Å². The smallest absolute Gasteiger partial charge is 0.308 e. The van der Waals surface area contributed by atoms with Gasteiger partial charge in [-0.25, -0.2) is 0 Å². The van der Waals surface area contributed by atoms with Crippen molar-refractivity contribution >= 4 is 11.8 Å². The fourth-order valence-electron chi connectivity index (χ4n) is 1.62. The lowest BCUT2D eigenvalue weighted by molar-refractivity contribution is -0.141. The van der Waals surface area contributed by atoms with E-state index in [1.165, 1.54) is 6.20 Å². The van der Waals surface area contributed by atoms with Crippen LogP contribution < -0.4 is 10.1 Å². The first-order chi connectivity index (χ1) is 9.02. The van der Waals surface area contributed by atoms with Crippen LogP contribution in [0.1, 0.15) is 33.6 Å². The van der Waals surface area contributed by atoms with Crippen LogP contribution in [0.25, 0.3) is 0 Å². The van der Waals surface area contributed by atoms with E-state index in [9.17, 15) is 4.79 Å². The van der Waals surface area contributed by atoms with Gasteiger partial charge in [0.1, 0.15) is 5.82 Å². The van der Waals surface area contributed by atoms with Crippen LogP contribution in [0.15, 0.2) is 12.4 Å². The summed E-state index contributed by atoms with van der Waals surface area (Å²) < 4.78 is 5.43. The minimum atomic E-state index is -0.795. The zero-order chi connectivity index (χ0) is 14.3. The van der Waals surface area contributed by atoms with E-state index in [0.29, 0.717) is 24.7 Å². The van der Waals surface area contributed by atoms with Gasteiger partial charge in [0.15, 0.2) is 0 Å². The van der Waals surface area contributed by atoms with Crippen LogP contribution in [-0.4, -0.2) is 33.7 Å². The van der Waals surface area contributed by atoms with E-state index in [2.05, 4.69) is 15.3 Å². The van der Waals surface area contributed by atoms with Crippen molar-refractivity contribution in [2.75, 3.05) is 11.9 Å². The minimum absolute atomic E-state index is 0.0245. The number of ether oxygens (including phenoxy) is 1. The van der Waals surface area contributed by atoms with Crippen molar-refractivity contribution in [1.82, 2.24) is 9.97 Å². The molecule has 0 radical (unpaired) electrons.